The molecule has 2 rings (SSSR count). The van der Waals surface area contributed by atoms with Crippen LogP contribution in [0.5, 0.6) is 0 Å². The highest BCUT2D eigenvalue weighted by atomic mass is 79.9. The third kappa shape index (κ3) is 2.05. The number of rotatable bonds is 2. The molecule has 0 fully saturated rings. The molecule has 0 amide bonds. The number of halogens is 2. The van der Waals surface area contributed by atoms with E-state index in [0.29, 0.717) is 16.0 Å². The molecule has 0 bridgehead atoms. The molecule has 0 aliphatic rings. The predicted molar refractivity (Wildman–Crippen MR) is 64.1 cm³/mol. The van der Waals surface area contributed by atoms with E-state index in [0.717, 1.165) is 4.47 Å². The van der Waals surface area contributed by atoms with Crippen LogP contribution in [-0.2, 0) is 7.05 Å². The minimum Gasteiger partial charge on any atom is -0.285 e. The van der Waals surface area contributed by atoms with Gasteiger partial charge in [0.2, 0.25) is 5.78 Å². The zero-order valence-electron chi connectivity index (χ0n) is 8.19. The van der Waals surface area contributed by atoms with Crippen molar-refractivity contribution in [2.45, 2.75) is 0 Å². The van der Waals surface area contributed by atoms with E-state index in [2.05, 4.69) is 47.2 Å². The van der Waals surface area contributed by atoms with E-state index >= 15 is 0 Å². The molecule has 0 unspecified atom stereocenters. The number of aromatic nitrogens is 4. The lowest BCUT2D eigenvalue weighted by molar-refractivity contribution is 0.102. The maximum atomic E-state index is 12.1. The van der Waals surface area contributed by atoms with E-state index < -0.39 is 0 Å². The highest BCUT2D eigenvalue weighted by molar-refractivity contribution is 9.10. The second-order valence-corrected chi connectivity index (χ2v) is 4.71. The number of carbonyl (C=O) groups is 1. The number of hydrogen-bond donors (Lipinski definition) is 0. The van der Waals surface area contributed by atoms with Crippen molar-refractivity contribution >= 4 is 37.6 Å². The fraction of sp³-hybridized carbons (Fsp3) is 0.111. The molecule has 0 saturated carbocycles. The fourth-order valence-corrected chi connectivity index (χ4v) is 1.95. The van der Waals surface area contributed by atoms with Crippen LogP contribution in [0.4, 0.5) is 0 Å². The number of hydrogen-bond acceptors (Lipinski definition) is 4. The summed E-state index contributed by atoms with van der Waals surface area (Å²) in [6.45, 7) is 0. The fourth-order valence-electron chi connectivity index (χ4n) is 1.20. The van der Waals surface area contributed by atoms with Crippen molar-refractivity contribution in [1.82, 2.24) is 20.0 Å². The van der Waals surface area contributed by atoms with Gasteiger partial charge in [-0.3, -0.25) is 9.78 Å². The third-order valence-corrected chi connectivity index (χ3v) is 2.96. The molecule has 0 atom stereocenters. The first-order valence-corrected chi connectivity index (χ1v) is 5.89. The topological polar surface area (TPSA) is 60.7 Å². The molecule has 0 aliphatic carbocycles. The van der Waals surface area contributed by atoms with Gasteiger partial charge in [-0.25, -0.2) is 4.68 Å². The van der Waals surface area contributed by atoms with Crippen LogP contribution in [0.2, 0.25) is 0 Å². The van der Waals surface area contributed by atoms with E-state index in [1.807, 2.05) is 0 Å². The highest BCUT2D eigenvalue weighted by Gasteiger charge is 2.19. The van der Waals surface area contributed by atoms with Crippen molar-refractivity contribution in [3.8, 4) is 0 Å². The molecule has 0 saturated heterocycles. The van der Waals surface area contributed by atoms with Gasteiger partial charge in [0.05, 0.1) is 0 Å². The van der Waals surface area contributed by atoms with Crippen LogP contribution < -0.4 is 0 Å². The number of pyridine rings is 1. The lowest BCUT2D eigenvalue weighted by Gasteiger charge is -2.00. The second kappa shape index (κ2) is 4.42. The molecule has 7 heteroatoms. The minimum atomic E-state index is -0.216. The van der Waals surface area contributed by atoms with Crippen molar-refractivity contribution in [3.05, 3.63) is 38.8 Å². The average Bonchev–Trinajstić information content (AvgIpc) is 2.59. The quantitative estimate of drug-likeness (QED) is 0.781. The summed E-state index contributed by atoms with van der Waals surface area (Å²) in [7, 11) is 1.66. The van der Waals surface area contributed by atoms with Crippen molar-refractivity contribution in [2.75, 3.05) is 0 Å². The highest BCUT2D eigenvalue weighted by Crippen LogP contribution is 2.16. The molecule has 0 aliphatic heterocycles. The van der Waals surface area contributed by atoms with Gasteiger partial charge in [-0.15, -0.1) is 5.10 Å². The Kier molecular flexibility index (Phi) is 3.15. The molecule has 2 aromatic heterocycles. The predicted octanol–water partition coefficient (Wildman–Crippen LogP) is 1.97. The Bertz CT molecular complexity index is 515. The Labute approximate surface area is 108 Å². The molecule has 2 heterocycles. The normalized spacial score (nSPS) is 10.4. The van der Waals surface area contributed by atoms with Gasteiger partial charge in [-0.05, 0) is 44.0 Å². The SMILES string of the molecule is Cn1nnc(Br)c1C(=O)c1ccc(Br)cn1. The van der Waals surface area contributed by atoms with Crippen LogP contribution in [0.15, 0.2) is 27.4 Å². The van der Waals surface area contributed by atoms with Crippen molar-refractivity contribution < 1.29 is 4.79 Å². The zero-order valence-corrected chi connectivity index (χ0v) is 11.4. The standard InChI is InChI=1S/C9H6Br2N4O/c1-15-7(9(11)13-14-15)8(16)6-3-2-5(10)4-12-6/h2-4H,1H3. The largest absolute Gasteiger partial charge is 0.285 e. The molecule has 16 heavy (non-hydrogen) atoms. The molecule has 0 aromatic carbocycles. The molecule has 0 N–H and O–H groups in total. The summed E-state index contributed by atoms with van der Waals surface area (Å²) in [6, 6.07) is 3.41. The van der Waals surface area contributed by atoms with E-state index in [4.69, 9.17) is 0 Å². The molecular formula is C9H6Br2N4O. The molecule has 82 valence electrons. The Morgan fingerprint density at radius 3 is 2.62 bits per heavy atom. The van der Waals surface area contributed by atoms with Crippen LogP contribution in [0.25, 0.3) is 0 Å². The number of ketones is 1. The van der Waals surface area contributed by atoms with Gasteiger partial charge in [0.15, 0.2) is 4.60 Å². The van der Waals surface area contributed by atoms with E-state index in [1.54, 1.807) is 25.4 Å². The maximum absolute atomic E-state index is 12.1. The number of carbonyl (C=O) groups excluding carboxylic acids is 1. The molecule has 5 nitrogen and oxygen atoms in total. The lowest BCUT2D eigenvalue weighted by Crippen LogP contribution is -2.10. The first kappa shape index (κ1) is 11.4. The minimum absolute atomic E-state index is 0.216. The van der Waals surface area contributed by atoms with Gasteiger partial charge in [0.25, 0.3) is 0 Å². The third-order valence-electron chi connectivity index (χ3n) is 1.96. The molecule has 0 spiro atoms. The number of nitrogens with zero attached hydrogens (tertiary/aromatic N) is 4. The number of aryl methyl sites for hydroxylation is 1. The Hall–Kier alpha value is -1.08. The average molecular weight is 346 g/mol. The summed E-state index contributed by atoms with van der Waals surface area (Å²) < 4.78 is 2.66. The van der Waals surface area contributed by atoms with Gasteiger partial charge in [-0.1, -0.05) is 5.21 Å². The zero-order chi connectivity index (χ0) is 11.7. The van der Waals surface area contributed by atoms with Gasteiger partial charge in [0.1, 0.15) is 11.4 Å². The van der Waals surface area contributed by atoms with Crippen LogP contribution in [-0.4, -0.2) is 25.8 Å². The monoisotopic (exact) mass is 344 g/mol. The maximum Gasteiger partial charge on any atom is 0.232 e. The summed E-state index contributed by atoms with van der Waals surface area (Å²) in [5.41, 5.74) is 0.740. The summed E-state index contributed by atoms with van der Waals surface area (Å²) in [4.78, 5) is 16.1. The van der Waals surface area contributed by atoms with Crippen molar-refractivity contribution in [3.63, 3.8) is 0 Å². The van der Waals surface area contributed by atoms with Gasteiger partial charge in [-0.2, -0.15) is 0 Å². The van der Waals surface area contributed by atoms with Gasteiger partial charge < -0.3 is 0 Å². The molecule has 2 aromatic rings. The van der Waals surface area contributed by atoms with Crippen LogP contribution >= 0.6 is 31.9 Å². The van der Waals surface area contributed by atoms with E-state index in [-0.39, 0.29) is 5.78 Å². The summed E-state index contributed by atoms with van der Waals surface area (Å²) >= 11 is 6.44. The summed E-state index contributed by atoms with van der Waals surface area (Å²) in [5.74, 6) is -0.216. The van der Waals surface area contributed by atoms with Crippen LogP contribution in [0, 0.1) is 0 Å². The first-order chi connectivity index (χ1) is 7.59. The van der Waals surface area contributed by atoms with Gasteiger partial charge in [0, 0.05) is 17.7 Å². The van der Waals surface area contributed by atoms with E-state index in [9.17, 15) is 4.79 Å². The van der Waals surface area contributed by atoms with Crippen molar-refractivity contribution in [2.24, 2.45) is 7.05 Å². The smallest absolute Gasteiger partial charge is 0.232 e. The Morgan fingerprint density at radius 2 is 2.12 bits per heavy atom. The first-order valence-electron chi connectivity index (χ1n) is 4.31. The molecule has 0 radical (unpaired) electrons. The molecular weight excluding hydrogens is 340 g/mol. The van der Waals surface area contributed by atoms with Gasteiger partial charge >= 0.3 is 0 Å². The van der Waals surface area contributed by atoms with Crippen LogP contribution in [0.1, 0.15) is 16.2 Å². The van der Waals surface area contributed by atoms with E-state index in [1.165, 1.54) is 4.68 Å². The Morgan fingerprint density at radius 1 is 1.38 bits per heavy atom. The van der Waals surface area contributed by atoms with Crippen LogP contribution in [0.3, 0.4) is 0 Å². The second-order valence-electron chi connectivity index (χ2n) is 3.04. The lowest BCUT2D eigenvalue weighted by atomic mass is 10.2. The van der Waals surface area contributed by atoms with Crippen molar-refractivity contribution in [1.29, 1.82) is 0 Å². The summed E-state index contributed by atoms with van der Waals surface area (Å²) in [6.07, 6.45) is 1.57. The Balaban J connectivity index is 2.43. The summed E-state index contributed by atoms with van der Waals surface area (Å²) in [5, 5.41) is 7.49.